The Morgan fingerprint density at radius 1 is 1.24 bits per heavy atom. The molecule has 0 saturated heterocycles. The lowest BCUT2D eigenvalue weighted by atomic mass is 10.0. The molecule has 0 bridgehead atoms. The summed E-state index contributed by atoms with van der Waals surface area (Å²) in [6, 6.07) is 8.31. The maximum Gasteiger partial charge on any atom is 0.414 e. The van der Waals surface area contributed by atoms with Gasteiger partial charge in [0.25, 0.3) is 0 Å². The molecule has 0 aromatic heterocycles. The van der Waals surface area contributed by atoms with Crippen molar-refractivity contribution in [1.29, 1.82) is 0 Å². The Bertz CT molecular complexity index is 773. The number of benzene rings is 1. The molecule has 1 aliphatic heterocycles. The zero-order valence-electron chi connectivity index (χ0n) is 15.0. The van der Waals surface area contributed by atoms with Gasteiger partial charge in [-0.05, 0) is 56.9 Å². The molecule has 0 saturated carbocycles. The van der Waals surface area contributed by atoms with Crippen LogP contribution in [0.4, 0.5) is 4.79 Å². The van der Waals surface area contributed by atoms with E-state index in [4.69, 9.17) is 4.74 Å². The monoisotopic (exact) mass is 363 g/mol. The highest BCUT2D eigenvalue weighted by Crippen LogP contribution is 2.25. The van der Waals surface area contributed by atoms with Crippen LogP contribution in [0, 0.1) is 0 Å². The molecule has 0 aliphatic carbocycles. The van der Waals surface area contributed by atoms with E-state index in [-0.39, 0.29) is 10.6 Å². The van der Waals surface area contributed by atoms with Crippen LogP contribution in [0.25, 0.3) is 0 Å². The topological polar surface area (TPSA) is 63.7 Å². The summed E-state index contributed by atoms with van der Waals surface area (Å²) in [4.78, 5) is 14.0. The molecule has 1 aliphatic rings. The summed E-state index contributed by atoms with van der Waals surface area (Å²) in [5, 5.41) is 0. The molecule has 5 nitrogen and oxygen atoms in total. The van der Waals surface area contributed by atoms with E-state index in [1.165, 1.54) is 4.90 Å². The first-order chi connectivity index (χ1) is 11.6. The lowest BCUT2D eigenvalue weighted by molar-refractivity contribution is 0.0325. The smallest absolute Gasteiger partial charge is 0.414 e. The van der Waals surface area contributed by atoms with E-state index in [2.05, 4.69) is 6.58 Å². The van der Waals surface area contributed by atoms with Gasteiger partial charge in [-0.3, -0.25) is 4.90 Å². The molecule has 0 radical (unpaired) electrons. The van der Waals surface area contributed by atoms with Crippen molar-refractivity contribution >= 4 is 15.9 Å². The third-order valence-corrected chi connectivity index (χ3v) is 5.42. The molecular formula is C19H25NO4S. The Morgan fingerprint density at radius 3 is 2.48 bits per heavy atom. The van der Waals surface area contributed by atoms with Gasteiger partial charge in [-0.1, -0.05) is 24.8 Å². The predicted octanol–water partition coefficient (Wildman–Crippen LogP) is 3.93. The van der Waals surface area contributed by atoms with Crippen molar-refractivity contribution in [2.24, 2.45) is 0 Å². The molecule has 136 valence electrons. The van der Waals surface area contributed by atoms with Crippen LogP contribution in [-0.2, 0) is 14.6 Å². The SMILES string of the molecule is C=C(CS(=O)(=O)c1ccccc1)C1=CN(C(=O)OC(C)(C)C)CCC1. The van der Waals surface area contributed by atoms with Gasteiger partial charge in [0.2, 0.25) is 0 Å². The minimum absolute atomic E-state index is 0.162. The summed E-state index contributed by atoms with van der Waals surface area (Å²) < 4.78 is 30.4. The van der Waals surface area contributed by atoms with E-state index in [1.54, 1.807) is 36.5 Å². The second-order valence-electron chi connectivity index (χ2n) is 7.11. The quantitative estimate of drug-likeness (QED) is 0.813. The van der Waals surface area contributed by atoms with Gasteiger partial charge in [0.05, 0.1) is 10.6 Å². The molecule has 1 aromatic carbocycles. The maximum atomic E-state index is 12.5. The number of amides is 1. The fourth-order valence-corrected chi connectivity index (χ4v) is 3.91. The first-order valence-corrected chi connectivity index (χ1v) is 9.90. The largest absolute Gasteiger partial charge is 0.443 e. The van der Waals surface area contributed by atoms with Crippen molar-refractivity contribution in [1.82, 2.24) is 4.90 Å². The molecule has 2 rings (SSSR count). The number of allylic oxidation sites excluding steroid dienone is 1. The summed E-state index contributed by atoms with van der Waals surface area (Å²) in [6.45, 7) is 9.91. The third-order valence-electron chi connectivity index (χ3n) is 3.71. The zero-order valence-corrected chi connectivity index (χ0v) is 15.8. The van der Waals surface area contributed by atoms with Crippen LogP contribution >= 0.6 is 0 Å². The molecule has 1 aromatic rings. The minimum atomic E-state index is -3.45. The number of carbonyl (C=O) groups is 1. The Balaban J connectivity index is 2.12. The van der Waals surface area contributed by atoms with Gasteiger partial charge in [-0.25, -0.2) is 13.2 Å². The average molecular weight is 363 g/mol. The number of ether oxygens (including phenoxy) is 1. The van der Waals surface area contributed by atoms with Gasteiger partial charge in [-0.2, -0.15) is 0 Å². The second-order valence-corrected chi connectivity index (χ2v) is 9.10. The summed E-state index contributed by atoms with van der Waals surface area (Å²) in [6.07, 6.45) is 2.68. The normalized spacial score (nSPS) is 15.5. The molecule has 6 heteroatoms. The Labute approximate surface area is 149 Å². The highest BCUT2D eigenvalue weighted by Gasteiger charge is 2.25. The Hall–Kier alpha value is -2.08. The van der Waals surface area contributed by atoms with Crippen molar-refractivity contribution in [3.05, 3.63) is 54.3 Å². The molecule has 1 heterocycles. The third kappa shape index (κ3) is 5.46. The molecular weight excluding hydrogens is 338 g/mol. The van der Waals surface area contributed by atoms with E-state index >= 15 is 0 Å². The highest BCUT2D eigenvalue weighted by atomic mass is 32.2. The maximum absolute atomic E-state index is 12.5. The summed E-state index contributed by atoms with van der Waals surface area (Å²) >= 11 is 0. The molecule has 0 N–H and O–H groups in total. The van der Waals surface area contributed by atoms with E-state index in [0.29, 0.717) is 18.5 Å². The molecule has 0 atom stereocenters. The second kappa shape index (κ2) is 7.44. The van der Waals surface area contributed by atoms with Crippen LogP contribution in [0.5, 0.6) is 0 Å². The van der Waals surface area contributed by atoms with Crippen LogP contribution in [0.3, 0.4) is 0 Å². The fourth-order valence-electron chi connectivity index (χ4n) is 2.52. The Morgan fingerprint density at radius 2 is 1.88 bits per heavy atom. The molecule has 0 fully saturated rings. The van der Waals surface area contributed by atoms with Crippen LogP contribution in [0.15, 0.2) is 59.2 Å². The van der Waals surface area contributed by atoms with E-state index in [0.717, 1.165) is 12.0 Å². The molecule has 25 heavy (non-hydrogen) atoms. The fraction of sp³-hybridized carbons (Fsp3) is 0.421. The van der Waals surface area contributed by atoms with Crippen LogP contribution in [0.2, 0.25) is 0 Å². The Kier molecular flexibility index (Phi) is 5.72. The average Bonchev–Trinajstić information content (AvgIpc) is 2.54. The van der Waals surface area contributed by atoms with E-state index in [1.807, 2.05) is 20.8 Å². The minimum Gasteiger partial charge on any atom is -0.443 e. The van der Waals surface area contributed by atoms with Crippen molar-refractivity contribution in [3.63, 3.8) is 0 Å². The molecule has 1 amide bonds. The van der Waals surface area contributed by atoms with Crippen molar-refractivity contribution < 1.29 is 17.9 Å². The van der Waals surface area contributed by atoms with Crippen LogP contribution in [-0.4, -0.2) is 37.3 Å². The molecule has 0 unspecified atom stereocenters. The van der Waals surface area contributed by atoms with Gasteiger partial charge in [0.1, 0.15) is 5.60 Å². The first kappa shape index (κ1) is 19.2. The van der Waals surface area contributed by atoms with Crippen LogP contribution < -0.4 is 0 Å². The number of hydrogen-bond acceptors (Lipinski definition) is 4. The molecule has 0 spiro atoms. The highest BCUT2D eigenvalue weighted by molar-refractivity contribution is 7.91. The number of carbonyl (C=O) groups excluding carboxylic acids is 1. The standard InChI is InChI=1S/C19H25NO4S/c1-15(14-25(22,23)17-10-6-5-7-11-17)16-9-8-12-20(13-16)18(21)24-19(2,3)4/h5-7,10-11,13H,1,8-9,12,14H2,2-4H3. The van der Waals surface area contributed by atoms with Gasteiger partial charge in [0.15, 0.2) is 9.84 Å². The first-order valence-electron chi connectivity index (χ1n) is 8.25. The van der Waals surface area contributed by atoms with Gasteiger partial charge >= 0.3 is 6.09 Å². The summed E-state index contributed by atoms with van der Waals surface area (Å²) in [7, 11) is -3.45. The van der Waals surface area contributed by atoms with Crippen molar-refractivity contribution in [3.8, 4) is 0 Å². The van der Waals surface area contributed by atoms with Crippen LogP contribution in [0.1, 0.15) is 33.6 Å². The number of sulfone groups is 1. The number of hydrogen-bond donors (Lipinski definition) is 0. The van der Waals surface area contributed by atoms with Gasteiger partial charge in [-0.15, -0.1) is 0 Å². The van der Waals surface area contributed by atoms with Crippen molar-refractivity contribution in [2.75, 3.05) is 12.3 Å². The van der Waals surface area contributed by atoms with E-state index < -0.39 is 21.5 Å². The van der Waals surface area contributed by atoms with Crippen molar-refractivity contribution in [2.45, 2.75) is 44.1 Å². The van der Waals surface area contributed by atoms with Gasteiger partial charge < -0.3 is 4.74 Å². The number of rotatable bonds is 4. The predicted molar refractivity (Wildman–Crippen MR) is 97.9 cm³/mol. The lowest BCUT2D eigenvalue weighted by Gasteiger charge is -2.29. The van der Waals surface area contributed by atoms with Gasteiger partial charge in [0, 0.05) is 12.7 Å². The number of nitrogens with zero attached hydrogens (tertiary/aromatic N) is 1. The zero-order chi connectivity index (χ0) is 18.7. The summed E-state index contributed by atoms with van der Waals surface area (Å²) in [5.41, 5.74) is 0.713. The van der Waals surface area contributed by atoms with E-state index in [9.17, 15) is 13.2 Å². The summed E-state index contributed by atoms with van der Waals surface area (Å²) in [5.74, 6) is -0.162. The lowest BCUT2D eigenvalue weighted by Crippen LogP contribution is -2.36.